The van der Waals surface area contributed by atoms with Crippen LogP contribution in [0, 0.1) is 17.0 Å². The number of imide groups is 1. The van der Waals surface area contributed by atoms with Crippen molar-refractivity contribution in [1.29, 1.82) is 0 Å². The molecular formula is C22H17N3O5. The number of carbonyl (C=O) groups is 2. The number of rotatable bonds is 6. The fourth-order valence-electron chi connectivity index (χ4n) is 3.26. The van der Waals surface area contributed by atoms with Crippen LogP contribution < -0.4 is 5.32 Å². The van der Waals surface area contributed by atoms with Gasteiger partial charge in [-0.3, -0.25) is 24.6 Å². The van der Waals surface area contributed by atoms with Gasteiger partial charge in [-0.15, -0.1) is 0 Å². The number of nitro groups is 1. The van der Waals surface area contributed by atoms with Gasteiger partial charge in [-0.25, -0.2) is 0 Å². The first-order chi connectivity index (χ1) is 14.5. The van der Waals surface area contributed by atoms with Gasteiger partial charge in [-0.1, -0.05) is 18.2 Å². The van der Waals surface area contributed by atoms with Crippen LogP contribution in [0.2, 0.25) is 0 Å². The minimum absolute atomic E-state index is 0.0138. The molecule has 2 aromatic carbocycles. The first-order valence-electron chi connectivity index (χ1n) is 9.16. The molecule has 0 radical (unpaired) electrons. The number of non-ortho nitro benzene ring substituents is 1. The van der Waals surface area contributed by atoms with Crippen LogP contribution in [-0.4, -0.2) is 21.6 Å². The summed E-state index contributed by atoms with van der Waals surface area (Å²) < 4.78 is 5.29. The minimum atomic E-state index is -0.518. The van der Waals surface area contributed by atoms with Crippen molar-refractivity contribution in [2.75, 3.05) is 5.32 Å². The largest absolute Gasteiger partial charge is 0.467 e. The molecule has 1 N–H and O–H groups in total. The summed E-state index contributed by atoms with van der Waals surface area (Å²) in [6, 6.07) is 16.3. The van der Waals surface area contributed by atoms with Crippen molar-refractivity contribution < 1.29 is 18.9 Å². The van der Waals surface area contributed by atoms with E-state index in [-0.39, 0.29) is 23.5 Å². The van der Waals surface area contributed by atoms with Crippen LogP contribution >= 0.6 is 0 Å². The van der Waals surface area contributed by atoms with Gasteiger partial charge in [0.25, 0.3) is 17.5 Å². The van der Waals surface area contributed by atoms with E-state index in [0.29, 0.717) is 17.0 Å². The number of benzene rings is 2. The molecular weight excluding hydrogens is 386 g/mol. The van der Waals surface area contributed by atoms with Crippen LogP contribution in [0.15, 0.2) is 77.0 Å². The lowest BCUT2D eigenvalue weighted by molar-refractivity contribution is -0.384. The third kappa shape index (κ3) is 3.46. The molecule has 8 heteroatoms. The molecule has 0 saturated heterocycles. The minimum Gasteiger partial charge on any atom is -0.467 e. The SMILES string of the molecule is Cc1ccccc1NC1=C(c2ccc([N+](=O)[O-])cc2)C(=O)N(Cc2ccco2)C1=O. The third-order valence-corrected chi connectivity index (χ3v) is 4.83. The van der Waals surface area contributed by atoms with E-state index in [1.807, 2.05) is 31.2 Å². The fourth-order valence-corrected chi connectivity index (χ4v) is 3.26. The van der Waals surface area contributed by atoms with E-state index in [1.165, 1.54) is 30.5 Å². The summed E-state index contributed by atoms with van der Waals surface area (Å²) in [7, 11) is 0. The molecule has 0 fully saturated rings. The molecule has 3 aromatic rings. The number of carbonyl (C=O) groups excluding carboxylic acids is 2. The van der Waals surface area contributed by atoms with Crippen LogP contribution in [-0.2, 0) is 16.1 Å². The van der Waals surface area contributed by atoms with Crippen molar-refractivity contribution >= 4 is 28.8 Å². The van der Waals surface area contributed by atoms with Crippen LogP contribution in [0.1, 0.15) is 16.9 Å². The van der Waals surface area contributed by atoms with Crippen molar-refractivity contribution in [3.8, 4) is 0 Å². The van der Waals surface area contributed by atoms with Gasteiger partial charge in [0.05, 0.1) is 23.3 Å². The van der Waals surface area contributed by atoms with Crippen LogP contribution in [0.25, 0.3) is 5.57 Å². The van der Waals surface area contributed by atoms with E-state index < -0.39 is 16.7 Å². The summed E-state index contributed by atoms with van der Waals surface area (Å²) in [5.41, 5.74) is 2.18. The fraction of sp³-hybridized carbons (Fsp3) is 0.0909. The molecule has 0 spiro atoms. The third-order valence-electron chi connectivity index (χ3n) is 4.83. The van der Waals surface area contributed by atoms with Crippen LogP contribution in [0.5, 0.6) is 0 Å². The summed E-state index contributed by atoms with van der Waals surface area (Å²) in [4.78, 5) is 37.9. The topological polar surface area (TPSA) is 106 Å². The summed E-state index contributed by atoms with van der Waals surface area (Å²) in [6.07, 6.45) is 1.47. The average Bonchev–Trinajstić information content (AvgIpc) is 3.33. The number of anilines is 1. The van der Waals surface area contributed by atoms with E-state index in [2.05, 4.69) is 5.32 Å². The molecule has 0 aliphatic carbocycles. The molecule has 2 heterocycles. The summed E-state index contributed by atoms with van der Waals surface area (Å²) in [6.45, 7) is 1.87. The maximum atomic E-state index is 13.2. The first kappa shape index (κ1) is 19.1. The Bertz CT molecular complexity index is 1160. The van der Waals surface area contributed by atoms with E-state index >= 15 is 0 Å². The predicted octanol–water partition coefficient (Wildman–Crippen LogP) is 3.89. The van der Waals surface area contributed by atoms with Crippen molar-refractivity contribution in [2.24, 2.45) is 0 Å². The zero-order valence-electron chi connectivity index (χ0n) is 16.0. The molecule has 30 heavy (non-hydrogen) atoms. The Morgan fingerprint density at radius 2 is 1.73 bits per heavy atom. The Hall–Kier alpha value is -4.20. The smallest absolute Gasteiger partial charge is 0.278 e. The Morgan fingerprint density at radius 3 is 2.37 bits per heavy atom. The van der Waals surface area contributed by atoms with E-state index in [4.69, 9.17) is 4.42 Å². The molecule has 0 saturated carbocycles. The highest BCUT2D eigenvalue weighted by atomic mass is 16.6. The quantitative estimate of drug-likeness (QED) is 0.380. The second kappa shape index (κ2) is 7.67. The molecule has 0 bridgehead atoms. The second-order valence-electron chi connectivity index (χ2n) is 6.77. The number of nitro benzene ring substituents is 1. The van der Waals surface area contributed by atoms with Gasteiger partial charge in [0.15, 0.2) is 0 Å². The lowest BCUT2D eigenvalue weighted by Crippen LogP contribution is -2.31. The number of nitrogens with zero attached hydrogens (tertiary/aromatic N) is 2. The number of furan rings is 1. The molecule has 1 aliphatic rings. The lowest BCUT2D eigenvalue weighted by Gasteiger charge is -2.14. The Kier molecular flexibility index (Phi) is 4.89. The molecule has 0 atom stereocenters. The number of hydrogen-bond donors (Lipinski definition) is 1. The van der Waals surface area contributed by atoms with Gasteiger partial charge in [-0.2, -0.15) is 0 Å². The monoisotopic (exact) mass is 403 g/mol. The standard InChI is InChI=1S/C22H17N3O5/c1-14-5-2-3-7-18(14)23-20-19(15-8-10-16(11-9-15)25(28)29)21(26)24(22(20)27)13-17-6-4-12-30-17/h2-12,23H,13H2,1H3. The normalized spacial score (nSPS) is 13.8. The number of nitrogens with one attached hydrogen (secondary N) is 1. The number of amides is 2. The zero-order valence-corrected chi connectivity index (χ0v) is 16.0. The highest BCUT2D eigenvalue weighted by Gasteiger charge is 2.39. The van der Waals surface area contributed by atoms with Gasteiger partial charge in [0, 0.05) is 17.8 Å². The number of aryl methyl sites for hydroxylation is 1. The molecule has 4 rings (SSSR count). The molecule has 8 nitrogen and oxygen atoms in total. The highest BCUT2D eigenvalue weighted by molar-refractivity contribution is 6.36. The number of para-hydroxylation sites is 1. The Morgan fingerprint density at radius 1 is 1.00 bits per heavy atom. The molecule has 150 valence electrons. The first-order valence-corrected chi connectivity index (χ1v) is 9.16. The molecule has 1 aromatic heterocycles. The van der Waals surface area contributed by atoms with Gasteiger partial charge < -0.3 is 9.73 Å². The lowest BCUT2D eigenvalue weighted by atomic mass is 10.0. The number of hydrogen-bond acceptors (Lipinski definition) is 6. The summed E-state index contributed by atoms with van der Waals surface area (Å²) >= 11 is 0. The molecule has 1 aliphatic heterocycles. The van der Waals surface area contributed by atoms with Crippen molar-refractivity contribution in [3.05, 3.63) is 99.6 Å². The van der Waals surface area contributed by atoms with Crippen molar-refractivity contribution in [1.82, 2.24) is 4.90 Å². The summed E-state index contributed by atoms with van der Waals surface area (Å²) in [5, 5.41) is 14.1. The van der Waals surface area contributed by atoms with Gasteiger partial charge in [0.1, 0.15) is 11.5 Å². The van der Waals surface area contributed by atoms with Gasteiger partial charge in [0.2, 0.25) is 0 Å². The highest BCUT2D eigenvalue weighted by Crippen LogP contribution is 2.33. The summed E-state index contributed by atoms with van der Waals surface area (Å²) in [5.74, 6) is -0.522. The van der Waals surface area contributed by atoms with Gasteiger partial charge in [-0.05, 0) is 48.4 Å². The Labute approximate surface area is 171 Å². The van der Waals surface area contributed by atoms with Crippen LogP contribution in [0.3, 0.4) is 0 Å². The Balaban J connectivity index is 1.77. The maximum absolute atomic E-state index is 13.2. The van der Waals surface area contributed by atoms with E-state index in [0.717, 1.165) is 10.5 Å². The van der Waals surface area contributed by atoms with Crippen molar-refractivity contribution in [2.45, 2.75) is 13.5 Å². The zero-order chi connectivity index (χ0) is 21.3. The molecule has 0 unspecified atom stereocenters. The second-order valence-corrected chi connectivity index (χ2v) is 6.77. The predicted molar refractivity (Wildman–Crippen MR) is 109 cm³/mol. The maximum Gasteiger partial charge on any atom is 0.278 e. The van der Waals surface area contributed by atoms with E-state index in [1.54, 1.807) is 12.1 Å². The van der Waals surface area contributed by atoms with Gasteiger partial charge >= 0.3 is 0 Å². The van der Waals surface area contributed by atoms with Crippen LogP contribution in [0.4, 0.5) is 11.4 Å². The average molecular weight is 403 g/mol. The van der Waals surface area contributed by atoms with Crippen molar-refractivity contribution in [3.63, 3.8) is 0 Å². The van der Waals surface area contributed by atoms with E-state index in [9.17, 15) is 19.7 Å². The molecule has 2 amide bonds.